The summed E-state index contributed by atoms with van der Waals surface area (Å²) < 4.78 is 36.7. The fraction of sp³-hybridized carbons (Fsp3) is 0.545. The van der Waals surface area contributed by atoms with E-state index in [4.69, 9.17) is 31.9 Å². The first-order valence-corrected chi connectivity index (χ1v) is 9.08. The van der Waals surface area contributed by atoms with Crippen LogP contribution in [0.15, 0.2) is 6.33 Å². The molecule has 15 heteroatoms. The van der Waals surface area contributed by atoms with Gasteiger partial charge in [-0.05, 0) is 0 Å². The van der Waals surface area contributed by atoms with Gasteiger partial charge in [0.15, 0.2) is 41.1 Å². The summed E-state index contributed by atoms with van der Waals surface area (Å²) in [7, 11) is -3.43. The highest BCUT2D eigenvalue weighted by Crippen LogP contribution is 2.69. The van der Waals surface area contributed by atoms with E-state index < -0.39 is 37.0 Å². The van der Waals surface area contributed by atoms with E-state index in [1.807, 2.05) is 0 Å². The zero-order chi connectivity index (χ0) is 19.1. The molecule has 2 aromatic heterocycles. The number of anilines is 2. The number of nitrogens with zero attached hydrogens (tertiary/aromatic N) is 4. The first kappa shape index (κ1) is 17.8. The van der Waals surface area contributed by atoms with Gasteiger partial charge in [-0.3, -0.25) is 9.09 Å². The van der Waals surface area contributed by atoms with Crippen molar-refractivity contribution in [3.63, 3.8) is 0 Å². The third-order valence-electron chi connectivity index (χ3n) is 4.36. The van der Waals surface area contributed by atoms with Gasteiger partial charge in [0.05, 0.1) is 6.33 Å². The maximum absolute atomic E-state index is 14.9. The minimum atomic E-state index is -5.02. The van der Waals surface area contributed by atoms with Crippen molar-refractivity contribution < 1.29 is 33.1 Å². The summed E-state index contributed by atoms with van der Waals surface area (Å²) in [6.45, 7) is 0. The fourth-order valence-electron chi connectivity index (χ4n) is 3.11. The Labute approximate surface area is 149 Å². The summed E-state index contributed by atoms with van der Waals surface area (Å²) >= 11 is 6.02. The summed E-state index contributed by atoms with van der Waals surface area (Å²) in [6.07, 6.45) is -4.21. The molecule has 12 nitrogen and oxygen atoms in total. The van der Waals surface area contributed by atoms with E-state index in [0.717, 1.165) is 4.57 Å². The number of imidazole rings is 1. The molecule has 1 aliphatic heterocycles. The van der Waals surface area contributed by atoms with Gasteiger partial charge in [-0.25, -0.2) is 13.9 Å². The van der Waals surface area contributed by atoms with Gasteiger partial charge in [0.25, 0.3) is 0 Å². The van der Waals surface area contributed by atoms with Crippen LogP contribution < -0.4 is 11.1 Å². The van der Waals surface area contributed by atoms with Gasteiger partial charge in [-0.15, -0.1) is 0 Å². The highest BCUT2D eigenvalue weighted by Gasteiger charge is 2.90. The molecule has 1 unspecified atom stereocenters. The number of hydrogen-bond acceptors (Lipinski definition) is 9. The van der Waals surface area contributed by atoms with Crippen molar-refractivity contribution in [2.45, 2.75) is 29.2 Å². The molecule has 3 heterocycles. The Morgan fingerprint density at radius 3 is 2.77 bits per heavy atom. The lowest BCUT2D eigenvalue weighted by molar-refractivity contribution is -0.0674. The molecule has 1 saturated carbocycles. The molecule has 142 valence electrons. The number of nitrogens with two attached hydrogens (primary N) is 1. The molecule has 6 N–H and O–H groups in total. The lowest BCUT2D eigenvalue weighted by Gasteiger charge is -2.22. The monoisotopic (exact) mass is 410 g/mol. The van der Waals surface area contributed by atoms with Crippen molar-refractivity contribution in [2.75, 3.05) is 18.1 Å². The predicted octanol–water partition coefficient (Wildman–Crippen LogP) is -0.525. The first-order valence-electron chi connectivity index (χ1n) is 7.18. The predicted molar refractivity (Wildman–Crippen MR) is 84.8 cm³/mol. The molecule has 2 aliphatic rings. The molecule has 0 radical (unpaired) electrons. The van der Waals surface area contributed by atoms with Crippen LogP contribution in [0.2, 0.25) is 0 Å². The molecule has 4 rings (SSSR count). The first-order chi connectivity index (χ1) is 12.0. The van der Waals surface area contributed by atoms with E-state index >= 15 is 0 Å². The van der Waals surface area contributed by atoms with Gasteiger partial charge in [0.1, 0.15) is 0 Å². The highest BCUT2D eigenvalue weighted by atomic mass is 35.5. The summed E-state index contributed by atoms with van der Waals surface area (Å²) in [6, 6.07) is 0. The number of hydrogen-bond donors (Lipinski definition) is 5. The second kappa shape index (κ2) is 5.23. The molecular formula is C11H13ClFN6O6P. The van der Waals surface area contributed by atoms with Crippen LogP contribution in [0.3, 0.4) is 0 Å². The maximum atomic E-state index is 14.9. The molecule has 26 heavy (non-hydrogen) atoms. The topological polar surface area (TPSA) is 178 Å². The van der Waals surface area contributed by atoms with Crippen molar-refractivity contribution in [3.8, 4) is 0 Å². The van der Waals surface area contributed by atoms with Crippen LogP contribution >= 0.6 is 19.4 Å². The van der Waals surface area contributed by atoms with Gasteiger partial charge in [0.2, 0.25) is 11.0 Å². The average Bonchev–Trinajstić information content (AvgIpc) is 2.86. The Balaban J connectivity index is 1.71. The van der Waals surface area contributed by atoms with Crippen LogP contribution in [-0.4, -0.2) is 64.4 Å². The zero-order valence-corrected chi connectivity index (χ0v) is 14.6. The second-order valence-electron chi connectivity index (χ2n) is 5.86. The van der Waals surface area contributed by atoms with Gasteiger partial charge >= 0.3 is 7.82 Å². The van der Waals surface area contributed by atoms with E-state index in [0.29, 0.717) is 5.82 Å². The smallest absolute Gasteiger partial charge is 0.379 e. The Kier molecular flexibility index (Phi) is 3.58. The number of aliphatic hydroxyl groups is 1. The summed E-state index contributed by atoms with van der Waals surface area (Å²) in [5, 5.41) is 11.0. The number of rotatable bonds is 4. The molecule has 1 aliphatic carbocycles. The maximum Gasteiger partial charge on any atom is 0.470 e. The SMILES string of the molecule is CNc1nc(N)nc2c1ncn2[C@@H]1O[C@]2(Cl)C(OP(=O)(O)O)[C@]2(O)[C@H]1F. The molecule has 0 spiro atoms. The second-order valence-corrected chi connectivity index (χ2v) is 7.61. The van der Waals surface area contributed by atoms with Crippen molar-refractivity contribution >= 4 is 42.4 Å². The van der Waals surface area contributed by atoms with Crippen molar-refractivity contribution in [1.82, 2.24) is 19.5 Å². The fourth-order valence-corrected chi connectivity index (χ4v) is 4.20. The quantitative estimate of drug-likeness (QED) is 0.323. The normalized spacial score (nSPS) is 36.3. The Bertz CT molecular complexity index is 957. The van der Waals surface area contributed by atoms with E-state index in [9.17, 15) is 14.1 Å². The number of nitrogen functional groups attached to an aromatic ring is 1. The molecule has 1 saturated heterocycles. The highest BCUT2D eigenvalue weighted by molar-refractivity contribution is 7.46. The zero-order valence-electron chi connectivity index (χ0n) is 12.9. The van der Waals surface area contributed by atoms with Crippen LogP contribution in [0.5, 0.6) is 0 Å². The van der Waals surface area contributed by atoms with Gasteiger partial charge in [-0.2, -0.15) is 9.97 Å². The number of ether oxygens (including phenoxy) is 1. The van der Waals surface area contributed by atoms with Crippen molar-refractivity contribution in [1.29, 1.82) is 0 Å². The summed E-state index contributed by atoms with van der Waals surface area (Å²) in [5.74, 6) is 0.191. The van der Waals surface area contributed by atoms with Crippen LogP contribution in [0.25, 0.3) is 11.2 Å². The minimum absolute atomic E-state index is 0.107. The molecule has 0 amide bonds. The van der Waals surface area contributed by atoms with Crippen LogP contribution in [-0.2, 0) is 13.8 Å². The van der Waals surface area contributed by atoms with Crippen molar-refractivity contribution in [2.24, 2.45) is 0 Å². The van der Waals surface area contributed by atoms with Crippen LogP contribution in [0.1, 0.15) is 6.23 Å². The molecule has 0 bridgehead atoms. The Hall–Kier alpha value is -1.60. The Morgan fingerprint density at radius 2 is 2.23 bits per heavy atom. The average molecular weight is 411 g/mol. The number of alkyl halides is 2. The van der Waals surface area contributed by atoms with Crippen LogP contribution in [0.4, 0.5) is 16.2 Å². The number of phosphoric acid groups is 1. The standard InChI is InChI=1S/C11H13ClFN6O6P/c1-15-5-3-6(18-9(14)17-5)19(2-16-3)7-4(13)10(20)8(11(10,12)24-7)25-26(21,22)23/h2,4,7-8,20H,1H3,(H2,21,22,23)(H3,14,15,17,18)/t4-,7+,8?,10+,11+/m0/s1. The summed E-state index contributed by atoms with van der Waals surface area (Å²) in [5.41, 5.74) is 3.56. The van der Waals surface area contributed by atoms with Gasteiger partial charge < -0.3 is 30.7 Å². The molecule has 2 fully saturated rings. The molecule has 0 aromatic carbocycles. The third-order valence-corrected chi connectivity index (χ3v) is 5.43. The minimum Gasteiger partial charge on any atom is -0.379 e. The van der Waals surface area contributed by atoms with E-state index in [1.54, 1.807) is 7.05 Å². The molecule has 2 aromatic rings. The van der Waals surface area contributed by atoms with Crippen molar-refractivity contribution in [3.05, 3.63) is 6.33 Å². The largest absolute Gasteiger partial charge is 0.470 e. The summed E-state index contributed by atoms with van der Waals surface area (Å²) in [4.78, 5) is 29.7. The van der Waals surface area contributed by atoms with E-state index in [2.05, 4.69) is 24.8 Å². The lowest BCUT2D eigenvalue weighted by atomic mass is 10.2. The Morgan fingerprint density at radius 1 is 1.54 bits per heavy atom. The number of phosphoric ester groups is 1. The molecular weight excluding hydrogens is 398 g/mol. The lowest BCUT2D eigenvalue weighted by Crippen LogP contribution is -2.34. The number of aromatic nitrogens is 4. The molecule has 5 atom stereocenters. The van der Waals surface area contributed by atoms with Gasteiger partial charge in [0, 0.05) is 7.05 Å². The van der Waals surface area contributed by atoms with Gasteiger partial charge in [-0.1, -0.05) is 11.6 Å². The van der Waals surface area contributed by atoms with E-state index in [-0.39, 0.29) is 17.1 Å². The van der Waals surface area contributed by atoms with Crippen LogP contribution in [0, 0.1) is 0 Å². The number of fused-ring (bicyclic) bond motifs is 2. The third kappa shape index (κ3) is 2.19. The number of nitrogens with one attached hydrogen (secondary N) is 1. The van der Waals surface area contributed by atoms with E-state index in [1.165, 1.54) is 6.33 Å². The number of halogens is 2.